The van der Waals surface area contributed by atoms with Crippen molar-refractivity contribution >= 4 is 17.8 Å². The molecule has 0 bridgehead atoms. The predicted molar refractivity (Wildman–Crippen MR) is 59.9 cm³/mol. The van der Waals surface area contributed by atoms with Gasteiger partial charge in [-0.1, -0.05) is 22.9 Å². The molecule has 4 heteroatoms. The van der Waals surface area contributed by atoms with Gasteiger partial charge < -0.3 is 10.2 Å². The molecule has 0 heterocycles. The van der Waals surface area contributed by atoms with Crippen molar-refractivity contribution in [2.75, 3.05) is 12.4 Å². The second-order valence-electron chi connectivity index (χ2n) is 3.09. The monoisotopic (exact) mass is 206 g/mol. The van der Waals surface area contributed by atoms with E-state index in [-0.39, 0.29) is 12.3 Å². The number of carbonyl (C=O) groups excluding carboxylic acids is 1. The SMILES string of the molecule is CO/N=C/CC(=O)Nc1ccc(C)cc1. The molecular formula is C11H14N2O2. The largest absolute Gasteiger partial charge is 0.399 e. The number of nitrogens with one attached hydrogen (secondary N) is 1. The maximum Gasteiger partial charge on any atom is 0.229 e. The Kier molecular flexibility index (Phi) is 4.34. The number of oxime groups is 1. The fourth-order valence-corrected chi connectivity index (χ4v) is 1.04. The highest BCUT2D eigenvalue weighted by Crippen LogP contribution is 2.08. The van der Waals surface area contributed by atoms with Crippen molar-refractivity contribution in [3.8, 4) is 0 Å². The third-order valence-electron chi connectivity index (χ3n) is 1.79. The maximum absolute atomic E-state index is 11.3. The van der Waals surface area contributed by atoms with Gasteiger partial charge in [0.1, 0.15) is 7.11 Å². The summed E-state index contributed by atoms with van der Waals surface area (Å²) in [5, 5.41) is 6.22. The summed E-state index contributed by atoms with van der Waals surface area (Å²) in [5.41, 5.74) is 1.95. The zero-order valence-corrected chi connectivity index (χ0v) is 8.86. The van der Waals surface area contributed by atoms with Gasteiger partial charge in [0.15, 0.2) is 0 Å². The third-order valence-corrected chi connectivity index (χ3v) is 1.79. The van der Waals surface area contributed by atoms with Gasteiger partial charge in [-0.2, -0.15) is 0 Å². The molecule has 1 aromatic carbocycles. The molecule has 80 valence electrons. The van der Waals surface area contributed by atoms with Crippen molar-refractivity contribution in [1.29, 1.82) is 0 Å². The Balaban J connectivity index is 2.44. The molecular weight excluding hydrogens is 192 g/mol. The van der Waals surface area contributed by atoms with E-state index in [2.05, 4.69) is 15.3 Å². The Labute approximate surface area is 88.9 Å². The lowest BCUT2D eigenvalue weighted by molar-refractivity contribution is -0.115. The van der Waals surface area contributed by atoms with Gasteiger partial charge in [0.2, 0.25) is 5.91 Å². The summed E-state index contributed by atoms with van der Waals surface area (Å²) in [6, 6.07) is 7.61. The highest BCUT2D eigenvalue weighted by atomic mass is 16.6. The van der Waals surface area contributed by atoms with Gasteiger partial charge in [-0.3, -0.25) is 4.79 Å². The van der Waals surface area contributed by atoms with E-state index in [9.17, 15) is 4.79 Å². The number of benzene rings is 1. The molecule has 4 nitrogen and oxygen atoms in total. The minimum atomic E-state index is -0.111. The van der Waals surface area contributed by atoms with Gasteiger partial charge in [-0.05, 0) is 19.1 Å². The van der Waals surface area contributed by atoms with Crippen molar-refractivity contribution in [2.45, 2.75) is 13.3 Å². The van der Waals surface area contributed by atoms with Crippen LogP contribution in [0.5, 0.6) is 0 Å². The second kappa shape index (κ2) is 5.80. The molecule has 0 spiro atoms. The van der Waals surface area contributed by atoms with E-state index in [0.717, 1.165) is 11.3 Å². The molecule has 0 saturated carbocycles. The number of aryl methyl sites for hydroxylation is 1. The number of carbonyl (C=O) groups is 1. The van der Waals surface area contributed by atoms with Crippen LogP contribution in [0.1, 0.15) is 12.0 Å². The van der Waals surface area contributed by atoms with Crippen LogP contribution in [0.2, 0.25) is 0 Å². The van der Waals surface area contributed by atoms with Crippen LogP contribution >= 0.6 is 0 Å². The van der Waals surface area contributed by atoms with Crippen LogP contribution in [0.15, 0.2) is 29.4 Å². The first-order valence-electron chi connectivity index (χ1n) is 4.64. The highest BCUT2D eigenvalue weighted by molar-refractivity contribution is 5.98. The van der Waals surface area contributed by atoms with E-state index >= 15 is 0 Å². The number of hydrogen-bond donors (Lipinski definition) is 1. The van der Waals surface area contributed by atoms with Crippen molar-refractivity contribution in [2.24, 2.45) is 5.16 Å². The summed E-state index contributed by atoms with van der Waals surface area (Å²) >= 11 is 0. The number of hydrogen-bond acceptors (Lipinski definition) is 3. The molecule has 0 fully saturated rings. The first-order valence-corrected chi connectivity index (χ1v) is 4.64. The lowest BCUT2D eigenvalue weighted by Crippen LogP contribution is -2.11. The smallest absolute Gasteiger partial charge is 0.229 e. The summed E-state index contributed by atoms with van der Waals surface area (Å²) in [5.74, 6) is -0.111. The summed E-state index contributed by atoms with van der Waals surface area (Å²) in [4.78, 5) is 15.8. The molecule has 0 radical (unpaired) electrons. The predicted octanol–water partition coefficient (Wildman–Crippen LogP) is 1.96. The van der Waals surface area contributed by atoms with Gasteiger partial charge in [0.05, 0.1) is 12.6 Å². The Morgan fingerprint density at radius 2 is 2.13 bits per heavy atom. The van der Waals surface area contributed by atoms with Gasteiger partial charge in [-0.25, -0.2) is 0 Å². The minimum absolute atomic E-state index is 0.111. The van der Waals surface area contributed by atoms with E-state index in [1.54, 1.807) is 0 Å². The standard InChI is InChI=1S/C11H14N2O2/c1-9-3-5-10(6-4-9)13-11(14)7-8-12-15-2/h3-6,8H,7H2,1-2H3,(H,13,14)/b12-8+. The van der Waals surface area contributed by atoms with E-state index in [4.69, 9.17) is 0 Å². The van der Waals surface area contributed by atoms with Crippen molar-refractivity contribution in [3.05, 3.63) is 29.8 Å². The molecule has 0 unspecified atom stereocenters. The molecule has 15 heavy (non-hydrogen) atoms. The zero-order chi connectivity index (χ0) is 11.1. The fraction of sp³-hybridized carbons (Fsp3) is 0.273. The van der Waals surface area contributed by atoms with Gasteiger partial charge >= 0.3 is 0 Å². The fourth-order valence-electron chi connectivity index (χ4n) is 1.04. The van der Waals surface area contributed by atoms with Gasteiger partial charge in [-0.15, -0.1) is 0 Å². The van der Waals surface area contributed by atoms with Crippen molar-refractivity contribution in [3.63, 3.8) is 0 Å². The van der Waals surface area contributed by atoms with Crippen LogP contribution in [-0.2, 0) is 9.63 Å². The average molecular weight is 206 g/mol. The van der Waals surface area contributed by atoms with E-state index in [0.29, 0.717) is 0 Å². The van der Waals surface area contributed by atoms with Crippen LogP contribution in [0.4, 0.5) is 5.69 Å². The molecule has 0 saturated heterocycles. The summed E-state index contributed by atoms with van der Waals surface area (Å²) in [7, 11) is 1.44. The molecule has 1 aromatic rings. The minimum Gasteiger partial charge on any atom is -0.399 e. The zero-order valence-electron chi connectivity index (χ0n) is 8.86. The van der Waals surface area contributed by atoms with Crippen LogP contribution in [0, 0.1) is 6.92 Å². The van der Waals surface area contributed by atoms with Crippen LogP contribution in [0.25, 0.3) is 0 Å². The second-order valence-corrected chi connectivity index (χ2v) is 3.09. The molecule has 1 amide bonds. The first-order chi connectivity index (χ1) is 7.22. The topological polar surface area (TPSA) is 50.7 Å². The lowest BCUT2D eigenvalue weighted by atomic mass is 10.2. The quantitative estimate of drug-likeness (QED) is 0.604. The van der Waals surface area contributed by atoms with Crippen LogP contribution in [-0.4, -0.2) is 19.2 Å². The van der Waals surface area contributed by atoms with Gasteiger partial charge in [0.25, 0.3) is 0 Å². The Bertz CT molecular complexity index is 344. The van der Waals surface area contributed by atoms with Crippen LogP contribution in [0.3, 0.4) is 0 Å². The first kappa shape index (κ1) is 11.2. The van der Waals surface area contributed by atoms with E-state index in [1.165, 1.54) is 13.3 Å². The van der Waals surface area contributed by atoms with Crippen molar-refractivity contribution < 1.29 is 9.63 Å². The Morgan fingerprint density at radius 3 is 2.73 bits per heavy atom. The third kappa shape index (κ3) is 4.26. The molecule has 0 aliphatic rings. The molecule has 0 aromatic heterocycles. The molecule has 1 rings (SSSR count). The molecule has 1 N–H and O–H groups in total. The molecule has 0 aliphatic heterocycles. The summed E-state index contributed by atoms with van der Waals surface area (Å²) < 4.78 is 0. The lowest BCUT2D eigenvalue weighted by Gasteiger charge is -2.02. The van der Waals surface area contributed by atoms with E-state index in [1.807, 2.05) is 31.2 Å². The average Bonchev–Trinajstić information content (AvgIpc) is 2.22. The number of nitrogens with zero attached hydrogens (tertiary/aromatic N) is 1. The summed E-state index contributed by atoms with van der Waals surface area (Å²) in [6.07, 6.45) is 1.63. The number of amides is 1. The molecule has 0 aliphatic carbocycles. The van der Waals surface area contributed by atoms with Crippen molar-refractivity contribution in [1.82, 2.24) is 0 Å². The van der Waals surface area contributed by atoms with Crippen LogP contribution < -0.4 is 5.32 Å². The highest BCUT2D eigenvalue weighted by Gasteiger charge is 1.99. The maximum atomic E-state index is 11.3. The number of anilines is 1. The Hall–Kier alpha value is -1.84. The number of rotatable bonds is 4. The summed E-state index contributed by atoms with van der Waals surface area (Å²) in [6.45, 7) is 2.00. The molecule has 0 atom stereocenters. The van der Waals surface area contributed by atoms with E-state index < -0.39 is 0 Å². The normalized spacial score (nSPS) is 10.3. The Morgan fingerprint density at radius 1 is 1.47 bits per heavy atom. The van der Waals surface area contributed by atoms with Gasteiger partial charge in [0, 0.05) is 5.69 Å².